The maximum atomic E-state index is 12.1. The first-order valence-electron chi connectivity index (χ1n) is 6.96. The van der Waals surface area contributed by atoms with Crippen LogP contribution in [0.4, 0.5) is 5.69 Å². The van der Waals surface area contributed by atoms with Gasteiger partial charge in [0.15, 0.2) is 6.61 Å². The van der Waals surface area contributed by atoms with Gasteiger partial charge in [0.05, 0.1) is 5.56 Å². The van der Waals surface area contributed by atoms with Crippen molar-refractivity contribution < 1.29 is 14.3 Å². The topological polar surface area (TPSA) is 81.4 Å². The number of anilines is 1. The van der Waals surface area contributed by atoms with Gasteiger partial charge in [-0.05, 0) is 43.2 Å². The number of amides is 2. The van der Waals surface area contributed by atoms with Crippen molar-refractivity contribution in [2.75, 3.05) is 11.9 Å². The smallest absolute Gasteiger partial charge is 0.262 e. The van der Waals surface area contributed by atoms with Crippen molar-refractivity contribution in [1.82, 2.24) is 0 Å². The zero-order valence-electron chi connectivity index (χ0n) is 12.9. The van der Waals surface area contributed by atoms with E-state index in [1.54, 1.807) is 6.07 Å². The average Bonchev–Trinajstić information content (AvgIpc) is 2.49. The zero-order chi connectivity index (χ0) is 17.0. The molecule has 0 saturated heterocycles. The molecule has 0 heterocycles. The van der Waals surface area contributed by atoms with E-state index in [0.29, 0.717) is 5.02 Å². The highest BCUT2D eigenvalue weighted by Crippen LogP contribution is 2.23. The average molecular weight is 333 g/mol. The summed E-state index contributed by atoms with van der Waals surface area (Å²) in [5, 5.41) is 3.17. The van der Waals surface area contributed by atoms with Crippen LogP contribution in [-0.2, 0) is 4.79 Å². The summed E-state index contributed by atoms with van der Waals surface area (Å²) in [7, 11) is 0. The third-order valence-electron chi connectivity index (χ3n) is 3.31. The first kappa shape index (κ1) is 16.8. The Morgan fingerprint density at radius 2 is 1.83 bits per heavy atom. The highest BCUT2D eigenvalue weighted by atomic mass is 35.5. The zero-order valence-corrected chi connectivity index (χ0v) is 13.6. The molecule has 2 amide bonds. The van der Waals surface area contributed by atoms with E-state index in [-0.39, 0.29) is 23.8 Å². The molecular weight excluding hydrogens is 316 g/mol. The molecule has 0 aliphatic heterocycles. The molecule has 2 rings (SSSR count). The van der Waals surface area contributed by atoms with Gasteiger partial charge in [-0.25, -0.2) is 0 Å². The minimum absolute atomic E-state index is 0.136. The second kappa shape index (κ2) is 7.15. The van der Waals surface area contributed by atoms with Crippen LogP contribution in [0.1, 0.15) is 21.5 Å². The molecule has 0 aromatic heterocycles. The van der Waals surface area contributed by atoms with Gasteiger partial charge in [0, 0.05) is 10.7 Å². The first-order valence-corrected chi connectivity index (χ1v) is 7.34. The molecule has 3 N–H and O–H groups in total. The van der Waals surface area contributed by atoms with Gasteiger partial charge < -0.3 is 15.8 Å². The number of para-hydroxylation sites is 1. The summed E-state index contributed by atoms with van der Waals surface area (Å²) in [4.78, 5) is 23.4. The summed E-state index contributed by atoms with van der Waals surface area (Å²) in [6.07, 6.45) is 0. The fourth-order valence-corrected chi connectivity index (χ4v) is 2.32. The Morgan fingerprint density at radius 1 is 1.17 bits per heavy atom. The summed E-state index contributed by atoms with van der Waals surface area (Å²) in [5.41, 5.74) is 8.09. The Kier molecular flexibility index (Phi) is 5.24. The van der Waals surface area contributed by atoms with Gasteiger partial charge in [0.25, 0.3) is 11.8 Å². The van der Waals surface area contributed by atoms with Gasteiger partial charge in [-0.15, -0.1) is 0 Å². The molecule has 0 fully saturated rings. The Balaban J connectivity index is 2.07. The van der Waals surface area contributed by atoms with Gasteiger partial charge in [-0.1, -0.05) is 29.8 Å². The number of primary amides is 1. The van der Waals surface area contributed by atoms with Crippen molar-refractivity contribution in [3.05, 3.63) is 58.1 Å². The number of nitrogens with two attached hydrogens (primary N) is 1. The summed E-state index contributed by atoms with van der Waals surface area (Å²) >= 11 is 5.82. The Morgan fingerprint density at radius 3 is 2.43 bits per heavy atom. The maximum absolute atomic E-state index is 12.1. The summed E-state index contributed by atoms with van der Waals surface area (Å²) in [5.74, 6) is -0.774. The lowest BCUT2D eigenvalue weighted by molar-refractivity contribution is -0.118. The minimum Gasteiger partial charge on any atom is -0.483 e. The van der Waals surface area contributed by atoms with Gasteiger partial charge in [0.2, 0.25) is 0 Å². The highest BCUT2D eigenvalue weighted by molar-refractivity contribution is 6.31. The van der Waals surface area contributed by atoms with Crippen LogP contribution >= 0.6 is 11.6 Å². The number of halogens is 1. The standard InChI is InChI=1S/C17H17ClN2O3/c1-10-4-3-5-11(2)16(10)20-15(21)9-23-14-7-6-12(18)8-13(14)17(19)22/h3-8H,9H2,1-2H3,(H2,19,22)(H,20,21). The fraction of sp³-hybridized carbons (Fsp3) is 0.176. The van der Waals surface area contributed by atoms with Crippen LogP contribution in [0.5, 0.6) is 5.75 Å². The van der Waals surface area contributed by atoms with Crippen LogP contribution in [0.15, 0.2) is 36.4 Å². The number of rotatable bonds is 5. The predicted octanol–water partition coefficient (Wildman–Crippen LogP) is 3.07. The van der Waals surface area contributed by atoms with Gasteiger partial charge in [-0.2, -0.15) is 0 Å². The SMILES string of the molecule is Cc1cccc(C)c1NC(=O)COc1ccc(Cl)cc1C(N)=O. The number of carbonyl (C=O) groups excluding carboxylic acids is 2. The van der Waals surface area contributed by atoms with Gasteiger partial charge in [0.1, 0.15) is 5.75 Å². The Labute approximate surface area is 139 Å². The van der Waals surface area contributed by atoms with E-state index < -0.39 is 5.91 Å². The van der Waals surface area contributed by atoms with E-state index in [1.807, 2.05) is 32.0 Å². The highest BCUT2D eigenvalue weighted by Gasteiger charge is 2.13. The number of nitrogens with one attached hydrogen (secondary N) is 1. The van der Waals surface area contributed by atoms with E-state index in [1.165, 1.54) is 12.1 Å². The number of aryl methyl sites for hydroxylation is 2. The molecule has 0 unspecified atom stereocenters. The number of ether oxygens (including phenoxy) is 1. The Hall–Kier alpha value is -2.53. The van der Waals surface area contributed by atoms with Crippen LogP contribution in [0, 0.1) is 13.8 Å². The van der Waals surface area contributed by atoms with Crippen molar-refractivity contribution in [2.45, 2.75) is 13.8 Å². The van der Waals surface area contributed by atoms with Crippen LogP contribution in [0.3, 0.4) is 0 Å². The first-order chi connectivity index (χ1) is 10.9. The molecule has 6 heteroatoms. The summed E-state index contributed by atoms with van der Waals surface area (Å²) in [6.45, 7) is 3.58. The molecule has 2 aromatic carbocycles. The van der Waals surface area contributed by atoms with E-state index in [0.717, 1.165) is 16.8 Å². The molecule has 2 aromatic rings. The summed E-state index contributed by atoms with van der Waals surface area (Å²) in [6, 6.07) is 10.2. The lowest BCUT2D eigenvalue weighted by Gasteiger charge is -2.13. The third kappa shape index (κ3) is 4.23. The maximum Gasteiger partial charge on any atom is 0.262 e. The monoisotopic (exact) mass is 332 g/mol. The molecule has 120 valence electrons. The summed E-state index contributed by atoms with van der Waals surface area (Å²) < 4.78 is 5.40. The number of carbonyl (C=O) groups is 2. The van der Waals surface area contributed by atoms with Crippen molar-refractivity contribution in [2.24, 2.45) is 5.73 Å². The number of hydrogen-bond acceptors (Lipinski definition) is 3. The van der Waals surface area contributed by atoms with Crippen molar-refractivity contribution >= 4 is 29.1 Å². The van der Waals surface area contributed by atoms with Gasteiger partial charge in [-0.3, -0.25) is 9.59 Å². The van der Waals surface area contributed by atoms with Crippen LogP contribution in [0.25, 0.3) is 0 Å². The molecule has 0 aliphatic rings. The van der Waals surface area contributed by atoms with E-state index in [2.05, 4.69) is 5.32 Å². The quantitative estimate of drug-likeness (QED) is 0.882. The lowest BCUT2D eigenvalue weighted by atomic mass is 10.1. The molecule has 0 radical (unpaired) electrons. The van der Waals surface area contributed by atoms with Crippen LogP contribution in [0.2, 0.25) is 5.02 Å². The van der Waals surface area contributed by atoms with Crippen molar-refractivity contribution in [3.63, 3.8) is 0 Å². The number of hydrogen-bond donors (Lipinski definition) is 2. The lowest BCUT2D eigenvalue weighted by Crippen LogP contribution is -2.22. The largest absolute Gasteiger partial charge is 0.483 e. The second-order valence-electron chi connectivity index (χ2n) is 5.11. The van der Waals surface area contributed by atoms with Crippen molar-refractivity contribution in [1.29, 1.82) is 0 Å². The normalized spacial score (nSPS) is 10.2. The van der Waals surface area contributed by atoms with E-state index in [4.69, 9.17) is 22.1 Å². The molecular formula is C17H17ClN2O3. The molecule has 0 bridgehead atoms. The van der Waals surface area contributed by atoms with Gasteiger partial charge >= 0.3 is 0 Å². The fourth-order valence-electron chi connectivity index (χ4n) is 2.15. The third-order valence-corrected chi connectivity index (χ3v) is 3.55. The van der Waals surface area contributed by atoms with E-state index >= 15 is 0 Å². The molecule has 0 atom stereocenters. The van der Waals surface area contributed by atoms with Crippen LogP contribution in [-0.4, -0.2) is 18.4 Å². The molecule has 0 aliphatic carbocycles. The molecule has 5 nitrogen and oxygen atoms in total. The predicted molar refractivity (Wildman–Crippen MR) is 90.0 cm³/mol. The van der Waals surface area contributed by atoms with Crippen molar-refractivity contribution in [3.8, 4) is 5.75 Å². The molecule has 0 saturated carbocycles. The van der Waals surface area contributed by atoms with Crippen LogP contribution < -0.4 is 15.8 Å². The second-order valence-corrected chi connectivity index (χ2v) is 5.54. The van der Waals surface area contributed by atoms with E-state index in [9.17, 15) is 9.59 Å². The minimum atomic E-state index is -0.669. The Bertz CT molecular complexity index is 739. The molecule has 0 spiro atoms. The molecule has 23 heavy (non-hydrogen) atoms. The number of benzene rings is 2.